The molecule has 0 unspecified atom stereocenters. The zero-order chi connectivity index (χ0) is 107. The van der Waals surface area contributed by atoms with E-state index in [4.69, 9.17) is 17.2 Å². The van der Waals surface area contributed by atoms with Crippen molar-refractivity contribution in [3.05, 3.63) is 107 Å². The fourth-order valence-corrected chi connectivity index (χ4v) is 17.4. The summed E-state index contributed by atoms with van der Waals surface area (Å²) in [7, 11) is 0. The molecule has 0 aliphatic carbocycles. The molecule has 50 nitrogen and oxygen atoms in total. The predicted molar refractivity (Wildman–Crippen MR) is 529 cm³/mol. The molecule has 6 aromatic rings. The van der Waals surface area contributed by atoms with Crippen LogP contribution >= 0.6 is 0 Å². The molecule has 5 atom stereocenters. The quantitative estimate of drug-likeness (QED) is 0.0199. The average Bonchev–Trinajstić information content (AvgIpc) is 1.64. The molecule has 0 bridgehead atoms. The molecule has 22 N–H and O–H groups in total. The zero-order valence-corrected chi connectivity index (χ0v) is 83.6. The van der Waals surface area contributed by atoms with Crippen LogP contribution in [0.15, 0.2) is 72.8 Å². The lowest BCUT2D eigenvalue weighted by Gasteiger charge is -2.36. The number of carbonyl (C=O) groups is 17. The zero-order valence-electron chi connectivity index (χ0n) is 83.6. The number of aromatic nitrogens is 6. The number of primary amides is 3. The first-order valence-electron chi connectivity index (χ1n) is 49.2. The van der Waals surface area contributed by atoms with Crippen molar-refractivity contribution in [2.75, 3.05) is 151 Å². The van der Waals surface area contributed by atoms with Gasteiger partial charge in [0.1, 0.15) is 53.2 Å². The fourth-order valence-electron chi connectivity index (χ4n) is 17.4. The lowest BCUT2D eigenvalue weighted by molar-refractivity contribution is -0.145. The number of nitrogens with zero attached hydrogens (tertiary/aromatic N) is 14. The number of hydrogen-bond donors (Lipinski definition) is 19. The normalized spacial score (nSPS) is 15.5. The number of carbonyl (C=O) groups excluding carboxylic acids is 13. The number of hydrogen-bond acceptors (Lipinski definition) is 31. The van der Waals surface area contributed by atoms with E-state index in [2.05, 4.69) is 72.7 Å². The van der Waals surface area contributed by atoms with E-state index < -0.39 is 190 Å². The number of nitrogens with two attached hydrogens (primary N) is 3. The second-order valence-electron chi connectivity index (χ2n) is 37.0. The molecule has 3 saturated heterocycles. The van der Waals surface area contributed by atoms with Crippen molar-refractivity contribution in [3.63, 3.8) is 0 Å². The molecule has 4 aromatic carbocycles. The highest BCUT2D eigenvalue weighted by Crippen LogP contribution is 2.41. The maximum Gasteiger partial charge on any atom is 0.320 e. The average molecular weight is 2050 g/mol. The lowest BCUT2D eigenvalue weighted by Crippen LogP contribution is -2.57. The van der Waals surface area contributed by atoms with E-state index in [9.17, 15) is 122 Å². The van der Waals surface area contributed by atoms with Gasteiger partial charge in [-0.05, 0) is 129 Å². The molecule has 2 aromatic heterocycles. The SMILES string of the molecule is CCNC(=O)c1nnc(-c2cc(C(C)C)c(O)cc2O)n1-c1ccc(CN2CCN(C(=O)CCC(=O)N[C@@H](CCCCNC(=O)CCNC(=O)[C@@H](CCC(N)=O)NC(=O)[C@@H](CCC(N)=O)NC(=O)[C@@H](CCC(N)=O)NC(=O)CC[C@H](C(=O)O)N3CCN(CC(=O)O)CCN(CC(=O)O)CCN(CC(=O)O)CC3)C(=O)N3CCN(Cc4ccc(-n5c(C(=O)NCC)nnc5-c5cc(C(C)C)c(O)cc5O)cc4)CC3)CC2)cc1. The number of unbranched alkanes of at least 4 members (excludes halogenated alkanes) is 1. The number of carboxylic acids is 4. The Morgan fingerprint density at radius 1 is 0.367 bits per heavy atom. The molecule has 5 heterocycles. The van der Waals surface area contributed by atoms with Crippen molar-refractivity contribution < 1.29 is 122 Å². The van der Waals surface area contributed by atoms with E-state index in [1.807, 2.05) is 52.0 Å². The van der Waals surface area contributed by atoms with E-state index in [-0.39, 0.29) is 198 Å². The number of amides is 13. The standard InChI is InChI=1S/C97H137N25O25/c1-7-101-94(143)89-111-109-87(66-49-64(58(3)4)73(123)51-75(66)125)121(89)62-16-12-60(13-17-62)53-113-39-45-119(46-40-113)83(133)29-28-82(132)106-71(96(145)120-47-41-114(42-48-120)54-61-14-18-63(19-15-61)122-88(110-112-90(122)95(144)102-8-2)67-50-65(59(5)6)74(124)52-76(67)126)11-9-10-31-103-80(130)30-32-104-91(140)68(20-24-77(98)127)107-93(142)70(22-26-79(100)129)108-92(141)69(21-25-78(99)128)105-81(131)27-23-72(97(146)147)118-43-37-116(56-85(136)137)35-33-115(55-84(134)135)34-36-117(38-44-118)57-86(138)139/h12-19,49-52,58-59,68-72,123-126H,7-11,20-48,53-57H2,1-6H3,(H2,98,127)(H2,99,128)(H2,100,129)(H,101,143)(H,102,144)(H,103,130)(H,104,140)(H,105,131)(H,106,132)(H,107,142)(H,108,141)(H,134,135)(H,136,137)(H,138,139)(H,146,147)/t68-,69-,70-,71+,72-/m1/s1. The second kappa shape index (κ2) is 56.6. The fraction of sp³-hybridized carbons (Fsp3) is 0.536. The summed E-state index contributed by atoms with van der Waals surface area (Å²) in [5.74, 6) is -15.5. The molecule has 0 saturated carbocycles. The highest BCUT2D eigenvalue weighted by Gasteiger charge is 2.37. The van der Waals surface area contributed by atoms with E-state index in [1.165, 1.54) is 40.9 Å². The summed E-state index contributed by atoms with van der Waals surface area (Å²) in [5, 5.41) is 121. The van der Waals surface area contributed by atoms with Crippen LogP contribution in [0, 0.1) is 0 Å². The van der Waals surface area contributed by atoms with Crippen LogP contribution in [0.2, 0.25) is 0 Å². The molecular weight excluding hydrogens is 1920 g/mol. The molecule has 3 aliphatic heterocycles. The van der Waals surface area contributed by atoms with E-state index in [1.54, 1.807) is 60.0 Å². The predicted octanol–water partition coefficient (Wildman–Crippen LogP) is -1.24. The first-order chi connectivity index (χ1) is 70.0. The van der Waals surface area contributed by atoms with Crippen LogP contribution in [-0.4, -0.2) is 391 Å². The summed E-state index contributed by atoms with van der Waals surface area (Å²) in [6, 6.07) is 12.8. The highest BCUT2D eigenvalue weighted by atomic mass is 16.4. The summed E-state index contributed by atoms with van der Waals surface area (Å²) in [6.45, 7) is 13.6. The van der Waals surface area contributed by atoms with Crippen molar-refractivity contribution in [1.29, 1.82) is 0 Å². The van der Waals surface area contributed by atoms with Gasteiger partial charge >= 0.3 is 23.9 Å². The third-order valence-corrected chi connectivity index (χ3v) is 25.4. The van der Waals surface area contributed by atoms with Gasteiger partial charge in [0.05, 0.1) is 30.8 Å². The van der Waals surface area contributed by atoms with Crippen molar-refractivity contribution in [1.82, 2.24) is 111 Å². The van der Waals surface area contributed by atoms with Crippen LogP contribution in [-0.2, 0) is 85.0 Å². The number of aromatic hydroxyl groups is 4. The first-order valence-corrected chi connectivity index (χ1v) is 49.2. The third-order valence-electron chi connectivity index (χ3n) is 25.4. The van der Waals surface area contributed by atoms with Crippen molar-refractivity contribution >= 4 is 101 Å². The summed E-state index contributed by atoms with van der Waals surface area (Å²) < 4.78 is 3.06. The van der Waals surface area contributed by atoms with Gasteiger partial charge in [0.15, 0.2) is 11.6 Å². The van der Waals surface area contributed by atoms with Gasteiger partial charge in [0.25, 0.3) is 11.8 Å². The molecule has 0 radical (unpaired) electrons. The Kier molecular flexibility index (Phi) is 44.5. The number of piperazine rings is 2. The summed E-state index contributed by atoms with van der Waals surface area (Å²) in [6.07, 6.45) is -4.17. The molecule has 0 spiro atoms. The second-order valence-corrected chi connectivity index (χ2v) is 37.0. The van der Waals surface area contributed by atoms with E-state index >= 15 is 0 Å². The topological polar surface area (TPSA) is 714 Å². The highest BCUT2D eigenvalue weighted by molar-refractivity contribution is 5.97. The maximum absolute atomic E-state index is 14.8. The number of phenolic OH excluding ortho intramolecular Hbond substituents is 4. The molecule has 800 valence electrons. The van der Waals surface area contributed by atoms with Crippen LogP contribution in [0.3, 0.4) is 0 Å². The van der Waals surface area contributed by atoms with E-state index in [0.29, 0.717) is 87.9 Å². The Hall–Kier alpha value is -14.9. The Balaban J connectivity index is 0.808. The van der Waals surface area contributed by atoms with Gasteiger partial charge in [-0.3, -0.25) is 120 Å². The first kappa shape index (κ1) is 116. The van der Waals surface area contributed by atoms with Gasteiger partial charge in [-0.15, -0.1) is 20.4 Å². The molecule has 13 amide bonds. The summed E-state index contributed by atoms with van der Waals surface area (Å²) >= 11 is 0. The number of nitrogens with one attached hydrogen (secondary N) is 8. The number of rotatable bonds is 53. The third kappa shape index (κ3) is 35.5. The lowest BCUT2D eigenvalue weighted by atomic mass is 9.98. The Morgan fingerprint density at radius 2 is 0.755 bits per heavy atom. The molecule has 50 heteroatoms. The minimum atomic E-state index is -1.73. The summed E-state index contributed by atoms with van der Waals surface area (Å²) in [5.41, 5.74) is 20.8. The van der Waals surface area contributed by atoms with Gasteiger partial charge in [-0.2, -0.15) is 0 Å². The van der Waals surface area contributed by atoms with Crippen molar-refractivity contribution in [2.45, 2.75) is 187 Å². The van der Waals surface area contributed by atoms with Crippen LogP contribution in [0.5, 0.6) is 23.0 Å². The Bertz CT molecular complexity index is 5590. The Morgan fingerprint density at radius 3 is 1.16 bits per heavy atom. The van der Waals surface area contributed by atoms with Crippen molar-refractivity contribution in [2.24, 2.45) is 17.2 Å². The smallest absolute Gasteiger partial charge is 0.320 e. The van der Waals surface area contributed by atoms with Gasteiger partial charge < -0.3 is 110 Å². The van der Waals surface area contributed by atoms with Gasteiger partial charge in [0.2, 0.25) is 76.6 Å². The van der Waals surface area contributed by atoms with Crippen LogP contribution < -0.4 is 59.7 Å². The van der Waals surface area contributed by atoms with Crippen molar-refractivity contribution in [3.8, 4) is 57.1 Å². The number of aliphatic carboxylic acids is 4. The minimum Gasteiger partial charge on any atom is -0.508 e. The molecule has 9 rings (SSSR count). The number of phenols is 4. The Labute approximate surface area is 848 Å². The number of benzene rings is 4. The van der Waals surface area contributed by atoms with Gasteiger partial charge in [-0.1, -0.05) is 52.0 Å². The molecule has 147 heavy (non-hydrogen) atoms. The minimum absolute atomic E-state index is 0.0225. The van der Waals surface area contributed by atoms with Gasteiger partial charge in [-0.25, -0.2) is 0 Å². The maximum atomic E-state index is 14.8. The molecular formula is C97H137N25O25. The van der Waals surface area contributed by atoms with Crippen LogP contribution in [0.1, 0.15) is 187 Å². The van der Waals surface area contributed by atoms with Crippen LogP contribution in [0.4, 0.5) is 0 Å². The largest absolute Gasteiger partial charge is 0.508 e. The summed E-state index contributed by atoms with van der Waals surface area (Å²) in [4.78, 5) is 238. The molecule has 3 fully saturated rings. The molecule has 3 aliphatic rings. The number of carboxylic acid groups (broad SMARTS) is 4. The monoisotopic (exact) mass is 2050 g/mol. The van der Waals surface area contributed by atoms with Crippen LogP contribution in [0.25, 0.3) is 34.2 Å². The van der Waals surface area contributed by atoms with Gasteiger partial charge in [0, 0.05) is 212 Å². The van der Waals surface area contributed by atoms with E-state index in [0.717, 1.165) is 11.1 Å².